The molecule has 0 aliphatic heterocycles. The molecule has 3 heteroatoms. The van der Waals surface area contributed by atoms with Crippen molar-refractivity contribution in [3.8, 4) is 33.6 Å². The van der Waals surface area contributed by atoms with Gasteiger partial charge in [-0.1, -0.05) is 109 Å². The number of nitrogens with zero attached hydrogens (tertiary/aromatic N) is 2. The molecule has 3 heterocycles. The Labute approximate surface area is 303 Å². The summed E-state index contributed by atoms with van der Waals surface area (Å²) >= 11 is 0. The van der Waals surface area contributed by atoms with Crippen LogP contribution < -0.4 is 0 Å². The van der Waals surface area contributed by atoms with E-state index in [9.17, 15) is 0 Å². The summed E-state index contributed by atoms with van der Waals surface area (Å²) in [5.41, 5.74) is 14.1. The summed E-state index contributed by atoms with van der Waals surface area (Å²) in [6, 6.07) is 62.4. The highest BCUT2D eigenvalue weighted by Crippen LogP contribution is 2.49. The quantitative estimate of drug-likeness (QED) is 0.179. The number of fused-ring (bicyclic) bond motifs is 14. The van der Waals surface area contributed by atoms with E-state index in [1.807, 2.05) is 6.07 Å². The van der Waals surface area contributed by atoms with Gasteiger partial charge in [-0.15, -0.1) is 0 Å². The summed E-state index contributed by atoms with van der Waals surface area (Å²) in [6.45, 7) is 0. The van der Waals surface area contributed by atoms with Gasteiger partial charge in [0.2, 0.25) is 0 Å². The molecule has 0 spiro atoms. The van der Waals surface area contributed by atoms with Gasteiger partial charge in [0.05, 0.1) is 22.1 Å². The minimum Gasteiger partial charge on any atom is -0.456 e. The summed E-state index contributed by atoms with van der Waals surface area (Å²) in [4.78, 5) is 0. The maximum atomic E-state index is 6.50. The van der Waals surface area contributed by atoms with Gasteiger partial charge in [0, 0.05) is 49.8 Å². The Bertz CT molecular complexity index is 3570. The van der Waals surface area contributed by atoms with Crippen molar-refractivity contribution in [2.45, 2.75) is 0 Å². The topological polar surface area (TPSA) is 23.0 Å². The molecule has 0 N–H and O–H groups in total. The third-order valence-electron chi connectivity index (χ3n) is 11.8. The second-order valence-electron chi connectivity index (χ2n) is 14.5. The number of para-hydroxylation sites is 2. The standard InChI is InChI=1S/C50H28N2O/c1-2-10-31-25-32(20-19-29(31)9-1)52-44-24-23-43-49(50(44)41-27-40-35-13-4-6-18-46(35)53-47(40)28-45(41)52)38-14-3-5-17-42(38)51(43)33-21-22-34-36-15-7-11-30-12-8-16-37(48(30)36)39(34)26-33/h1-28H. The van der Waals surface area contributed by atoms with Crippen molar-refractivity contribution in [3.05, 3.63) is 170 Å². The molecule has 0 bridgehead atoms. The molecule has 0 saturated carbocycles. The zero-order valence-corrected chi connectivity index (χ0v) is 28.5. The van der Waals surface area contributed by atoms with Crippen molar-refractivity contribution < 1.29 is 4.42 Å². The van der Waals surface area contributed by atoms with Crippen molar-refractivity contribution in [1.29, 1.82) is 0 Å². The SMILES string of the molecule is c1ccc2cc(-n3c4cc5oc6ccccc6c5cc4c4c5c6ccccc6n(-c6ccc7c(c6)-c6cccc8cccc-7c68)c5ccc43)ccc2c1. The highest BCUT2D eigenvalue weighted by Gasteiger charge is 2.25. The van der Waals surface area contributed by atoms with Crippen LogP contribution in [0.25, 0.3) is 121 Å². The maximum absolute atomic E-state index is 6.50. The first-order chi connectivity index (χ1) is 26.3. The van der Waals surface area contributed by atoms with Crippen LogP contribution in [-0.2, 0) is 0 Å². The van der Waals surface area contributed by atoms with Gasteiger partial charge in [-0.25, -0.2) is 0 Å². The summed E-state index contributed by atoms with van der Waals surface area (Å²) in [6.07, 6.45) is 0. The normalized spacial score (nSPS) is 12.5. The third-order valence-corrected chi connectivity index (χ3v) is 11.8. The molecule has 9 aromatic carbocycles. The molecule has 1 aliphatic carbocycles. The Hall–Kier alpha value is -7.10. The fourth-order valence-corrected chi connectivity index (χ4v) is 9.58. The van der Waals surface area contributed by atoms with E-state index < -0.39 is 0 Å². The molecule has 244 valence electrons. The Kier molecular flexibility index (Phi) is 5.11. The Morgan fingerprint density at radius 3 is 1.83 bits per heavy atom. The number of benzene rings is 9. The predicted molar refractivity (Wildman–Crippen MR) is 222 cm³/mol. The lowest BCUT2D eigenvalue weighted by Crippen LogP contribution is -1.95. The average molecular weight is 673 g/mol. The van der Waals surface area contributed by atoms with Gasteiger partial charge in [-0.3, -0.25) is 0 Å². The molecular weight excluding hydrogens is 645 g/mol. The van der Waals surface area contributed by atoms with Crippen LogP contribution in [-0.4, -0.2) is 9.13 Å². The highest BCUT2D eigenvalue weighted by atomic mass is 16.3. The number of aromatic nitrogens is 2. The molecule has 0 atom stereocenters. The molecule has 0 amide bonds. The summed E-state index contributed by atoms with van der Waals surface area (Å²) in [5.74, 6) is 0. The maximum Gasteiger partial charge on any atom is 0.137 e. The summed E-state index contributed by atoms with van der Waals surface area (Å²) in [7, 11) is 0. The monoisotopic (exact) mass is 672 g/mol. The second kappa shape index (κ2) is 9.81. The number of hydrogen-bond acceptors (Lipinski definition) is 1. The van der Waals surface area contributed by atoms with Crippen LogP contribution in [0.5, 0.6) is 0 Å². The lowest BCUT2D eigenvalue weighted by molar-refractivity contribution is 0.669. The second-order valence-corrected chi connectivity index (χ2v) is 14.5. The van der Waals surface area contributed by atoms with Gasteiger partial charge < -0.3 is 13.6 Å². The van der Waals surface area contributed by atoms with Crippen LogP contribution in [0, 0.1) is 0 Å². The fraction of sp³-hybridized carbons (Fsp3) is 0. The zero-order valence-electron chi connectivity index (χ0n) is 28.5. The van der Waals surface area contributed by atoms with Crippen LogP contribution >= 0.6 is 0 Å². The summed E-state index contributed by atoms with van der Waals surface area (Å²) in [5, 5.41) is 12.4. The van der Waals surface area contributed by atoms with Crippen LogP contribution in [0.2, 0.25) is 0 Å². The number of hydrogen-bond donors (Lipinski definition) is 0. The first-order valence-corrected chi connectivity index (χ1v) is 18.3. The lowest BCUT2D eigenvalue weighted by atomic mass is 10.0. The fourth-order valence-electron chi connectivity index (χ4n) is 9.58. The van der Waals surface area contributed by atoms with Crippen molar-refractivity contribution in [2.24, 2.45) is 0 Å². The van der Waals surface area contributed by atoms with Gasteiger partial charge in [0.1, 0.15) is 11.2 Å². The molecule has 12 aromatic rings. The highest BCUT2D eigenvalue weighted by molar-refractivity contribution is 6.30. The predicted octanol–water partition coefficient (Wildman–Crippen LogP) is 13.7. The first kappa shape index (κ1) is 27.6. The minimum absolute atomic E-state index is 0.899. The molecule has 3 nitrogen and oxygen atoms in total. The van der Waals surface area contributed by atoms with Crippen molar-refractivity contribution >= 4 is 87.1 Å². The number of rotatable bonds is 2. The third kappa shape index (κ3) is 3.53. The molecule has 0 radical (unpaired) electrons. The van der Waals surface area contributed by atoms with Gasteiger partial charge >= 0.3 is 0 Å². The minimum atomic E-state index is 0.899. The molecule has 13 rings (SSSR count). The van der Waals surface area contributed by atoms with E-state index in [0.717, 1.165) is 33.1 Å². The van der Waals surface area contributed by atoms with Crippen LogP contribution in [0.3, 0.4) is 0 Å². The lowest BCUT2D eigenvalue weighted by Gasteiger charge is -2.12. The van der Waals surface area contributed by atoms with E-state index in [-0.39, 0.29) is 0 Å². The summed E-state index contributed by atoms with van der Waals surface area (Å²) < 4.78 is 11.4. The molecule has 53 heavy (non-hydrogen) atoms. The van der Waals surface area contributed by atoms with Gasteiger partial charge in [0.15, 0.2) is 0 Å². The Balaban J connectivity index is 1.16. The zero-order chi connectivity index (χ0) is 34.4. The molecule has 0 saturated heterocycles. The van der Waals surface area contributed by atoms with Crippen LogP contribution in [0.15, 0.2) is 174 Å². The molecular formula is C50H28N2O. The van der Waals surface area contributed by atoms with Crippen LogP contribution in [0.1, 0.15) is 0 Å². The first-order valence-electron chi connectivity index (χ1n) is 18.3. The van der Waals surface area contributed by atoms with Crippen molar-refractivity contribution in [3.63, 3.8) is 0 Å². The molecule has 0 fully saturated rings. The van der Waals surface area contributed by atoms with E-state index in [4.69, 9.17) is 4.42 Å². The van der Waals surface area contributed by atoms with E-state index in [1.54, 1.807) is 0 Å². The molecule has 0 unspecified atom stereocenters. The Morgan fingerprint density at radius 2 is 0.962 bits per heavy atom. The largest absolute Gasteiger partial charge is 0.456 e. The average Bonchev–Trinajstić information content (AvgIpc) is 3.94. The molecule has 1 aliphatic rings. The van der Waals surface area contributed by atoms with Gasteiger partial charge in [-0.2, -0.15) is 0 Å². The van der Waals surface area contributed by atoms with Crippen LogP contribution in [0.4, 0.5) is 0 Å². The van der Waals surface area contributed by atoms with Gasteiger partial charge in [0.25, 0.3) is 0 Å². The van der Waals surface area contributed by atoms with Crippen molar-refractivity contribution in [1.82, 2.24) is 9.13 Å². The van der Waals surface area contributed by atoms with E-state index in [0.29, 0.717) is 0 Å². The molecule has 3 aromatic heterocycles. The van der Waals surface area contributed by atoms with E-state index >= 15 is 0 Å². The van der Waals surface area contributed by atoms with Crippen molar-refractivity contribution in [2.75, 3.05) is 0 Å². The smallest absolute Gasteiger partial charge is 0.137 e. The van der Waals surface area contributed by atoms with E-state index in [1.165, 1.54) is 87.6 Å². The van der Waals surface area contributed by atoms with E-state index in [2.05, 4.69) is 173 Å². The number of furan rings is 1. The Morgan fingerprint density at radius 1 is 0.302 bits per heavy atom. The van der Waals surface area contributed by atoms with Gasteiger partial charge in [-0.05, 0) is 98.4 Å².